The Labute approximate surface area is 118 Å². The van der Waals surface area contributed by atoms with Gasteiger partial charge in [-0.2, -0.15) is 0 Å². The predicted octanol–water partition coefficient (Wildman–Crippen LogP) is 2.74. The Kier molecular flexibility index (Phi) is 4.44. The van der Waals surface area contributed by atoms with E-state index in [2.05, 4.69) is 10.6 Å². The summed E-state index contributed by atoms with van der Waals surface area (Å²) in [6, 6.07) is 4.90. The van der Waals surface area contributed by atoms with Crippen molar-refractivity contribution in [2.24, 2.45) is 0 Å². The van der Waals surface area contributed by atoms with Crippen molar-refractivity contribution in [2.45, 2.75) is 38.1 Å². The lowest BCUT2D eigenvalue weighted by molar-refractivity contribution is -0.384. The van der Waals surface area contributed by atoms with Crippen molar-refractivity contribution in [3.63, 3.8) is 0 Å². The number of nitrogens with zero attached hydrogens (tertiary/aromatic N) is 1. The van der Waals surface area contributed by atoms with Crippen molar-refractivity contribution >= 4 is 17.1 Å². The minimum absolute atomic E-state index is 0.0478. The number of hydrogen-bond donors (Lipinski definition) is 3. The molecule has 0 heterocycles. The van der Waals surface area contributed by atoms with Crippen molar-refractivity contribution in [2.75, 3.05) is 23.8 Å². The first-order valence-corrected chi connectivity index (χ1v) is 7.01. The van der Waals surface area contributed by atoms with Crippen LogP contribution in [0.4, 0.5) is 17.1 Å². The molecule has 1 aliphatic carbocycles. The largest absolute Gasteiger partial charge is 0.394 e. The van der Waals surface area contributed by atoms with Crippen molar-refractivity contribution in [3.8, 4) is 0 Å². The molecule has 0 spiro atoms. The molecule has 6 heteroatoms. The van der Waals surface area contributed by atoms with E-state index in [0.717, 1.165) is 31.4 Å². The summed E-state index contributed by atoms with van der Waals surface area (Å²) in [5.74, 6) is 0. The van der Waals surface area contributed by atoms with Gasteiger partial charge in [-0.15, -0.1) is 0 Å². The molecule has 0 unspecified atom stereocenters. The third-order valence-corrected chi connectivity index (χ3v) is 3.78. The van der Waals surface area contributed by atoms with Crippen LogP contribution < -0.4 is 10.6 Å². The number of non-ortho nitro benzene ring substituents is 1. The Morgan fingerprint density at radius 3 is 2.50 bits per heavy atom. The van der Waals surface area contributed by atoms with Gasteiger partial charge in [0.2, 0.25) is 0 Å². The minimum atomic E-state index is -0.397. The first-order valence-electron chi connectivity index (χ1n) is 7.01. The summed E-state index contributed by atoms with van der Waals surface area (Å²) in [5.41, 5.74) is 1.12. The summed E-state index contributed by atoms with van der Waals surface area (Å²) < 4.78 is 0. The number of hydrogen-bond acceptors (Lipinski definition) is 5. The van der Waals surface area contributed by atoms with Crippen LogP contribution in [0, 0.1) is 10.1 Å². The van der Waals surface area contributed by atoms with E-state index in [0.29, 0.717) is 12.2 Å². The second-order valence-electron chi connectivity index (χ2n) is 5.33. The van der Waals surface area contributed by atoms with Gasteiger partial charge in [-0.1, -0.05) is 12.8 Å². The van der Waals surface area contributed by atoms with E-state index < -0.39 is 4.92 Å². The zero-order chi connectivity index (χ0) is 14.6. The van der Waals surface area contributed by atoms with Crippen molar-refractivity contribution in [3.05, 3.63) is 28.3 Å². The van der Waals surface area contributed by atoms with Crippen molar-refractivity contribution < 1.29 is 10.0 Å². The van der Waals surface area contributed by atoms with E-state index in [9.17, 15) is 15.2 Å². The lowest BCUT2D eigenvalue weighted by Crippen LogP contribution is -2.39. The molecule has 6 nitrogen and oxygen atoms in total. The molecule has 0 atom stereocenters. The van der Waals surface area contributed by atoms with Gasteiger partial charge in [-0.25, -0.2) is 0 Å². The first-order chi connectivity index (χ1) is 9.58. The van der Waals surface area contributed by atoms with Crippen molar-refractivity contribution in [1.29, 1.82) is 0 Å². The van der Waals surface area contributed by atoms with E-state index in [1.807, 2.05) is 13.0 Å². The Bertz CT molecular complexity index is 485. The van der Waals surface area contributed by atoms with Crippen LogP contribution in [0.3, 0.4) is 0 Å². The molecule has 0 radical (unpaired) electrons. The summed E-state index contributed by atoms with van der Waals surface area (Å²) in [6.07, 6.45) is 3.93. The summed E-state index contributed by atoms with van der Waals surface area (Å²) in [6.45, 7) is 2.69. The average Bonchev–Trinajstić information content (AvgIpc) is 2.88. The molecule has 3 N–H and O–H groups in total. The van der Waals surface area contributed by atoms with Crippen LogP contribution in [0.1, 0.15) is 32.6 Å². The maximum absolute atomic E-state index is 11.0. The lowest BCUT2D eigenvalue weighted by atomic mass is 9.98. The van der Waals surface area contributed by atoms with E-state index in [4.69, 9.17) is 0 Å². The van der Waals surface area contributed by atoms with Crippen LogP contribution >= 0.6 is 0 Å². The van der Waals surface area contributed by atoms with Crippen LogP contribution in [0.25, 0.3) is 0 Å². The third kappa shape index (κ3) is 3.19. The molecule has 1 aromatic rings. The minimum Gasteiger partial charge on any atom is -0.394 e. The van der Waals surface area contributed by atoms with Gasteiger partial charge in [0.25, 0.3) is 5.69 Å². The molecule has 1 fully saturated rings. The van der Waals surface area contributed by atoms with Gasteiger partial charge in [0, 0.05) is 30.1 Å². The Morgan fingerprint density at radius 2 is 1.95 bits per heavy atom. The fourth-order valence-corrected chi connectivity index (χ4v) is 2.78. The standard InChI is InChI=1S/C14H21N3O3/c1-2-15-11-7-12(9-13(8-11)17(19)20)16-14(10-18)5-3-4-6-14/h7-9,15-16,18H,2-6,10H2,1H3. The van der Waals surface area contributed by atoms with Crippen LogP contribution in [0.15, 0.2) is 18.2 Å². The maximum atomic E-state index is 11.0. The van der Waals surface area contributed by atoms with Gasteiger partial charge < -0.3 is 15.7 Å². The molecule has 0 amide bonds. The van der Waals surface area contributed by atoms with Crippen molar-refractivity contribution in [1.82, 2.24) is 0 Å². The summed E-state index contributed by atoms with van der Waals surface area (Å²) in [7, 11) is 0. The number of benzene rings is 1. The first kappa shape index (κ1) is 14.6. The van der Waals surface area contributed by atoms with Gasteiger partial charge >= 0.3 is 0 Å². The normalized spacial score (nSPS) is 16.9. The number of anilines is 2. The van der Waals surface area contributed by atoms with Crippen LogP contribution in [0.2, 0.25) is 0 Å². The summed E-state index contributed by atoms with van der Waals surface area (Å²) >= 11 is 0. The predicted molar refractivity (Wildman–Crippen MR) is 79.2 cm³/mol. The molecule has 1 aromatic carbocycles. The number of nitrogens with one attached hydrogen (secondary N) is 2. The number of rotatable bonds is 6. The second kappa shape index (κ2) is 6.09. The Balaban J connectivity index is 2.27. The molecular formula is C14H21N3O3. The summed E-state index contributed by atoms with van der Waals surface area (Å²) in [5, 5.41) is 27.0. The molecule has 1 aliphatic rings. The maximum Gasteiger partial charge on any atom is 0.273 e. The monoisotopic (exact) mass is 279 g/mol. The molecule has 20 heavy (non-hydrogen) atoms. The number of nitro groups is 1. The molecule has 1 saturated carbocycles. The highest BCUT2D eigenvalue weighted by molar-refractivity contribution is 5.64. The molecule has 0 aromatic heterocycles. The third-order valence-electron chi connectivity index (χ3n) is 3.78. The average molecular weight is 279 g/mol. The van der Waals surface area contributed by atoms with Gasteiger partial charge in [-0.3, -0.25) is 10.1 Å². The van der Waals surface area contributed by atoms with Gasteiger partial charge in [0.05, 0.1) is 17.1 Å². The quantitative estimate of drug-likeness (QED) is 0.550. The molecular weight excluding hydrogens is 258 g/mol. The number of aliphatic hydroxyl groups excluding tert-OH is 1. The highest BCUT2D eigenvalue weighted by atomic mass is 16.6. The zero-order valence-electron chi connectivity index (χ0n) is 11.7. The molecule has 110 valence electrons. The molecule has 2 rings (SSSR count). The molecule has 0 bridgehead atoms. The zero-order valence-corrected chi connectivity index (χ0v) is 11.7. The van der Waals surface area contributed by atoms with E-state index in [-0.39, 0.29) is 17.8 Å². The topological polar surface area (TPSA) is 87.4 Å². The van der Waals surface area contributed by atoms with Gasteiger partial charge in [-0.05, 0) is 25.8 Å². The number of nitro benzene ring substituents is 1. The molecule has 0 saturated heterocycles. The second-order valence-corrected chi connectivity index (χ2v) is 5.33. The van der Waals surface area contributed by atoms with Crippen LogP contribution in [0.5, 0.6) is 0 Å². The van der Waals surface area contributed by atoms with Crippen LogP contribution in [-0.4, -0.2) is 28.7 Å². The smallest absolute Gasteiger partial charge is 0.273 e. The van der Waals surface area contributed by atoms with E-state index in [1.165, 1.54) is 12.1 Å². The van der Waals surface area contributed by atoms with E-state index in [1.54, 1.807) is 0 Å². The fourth-order valence-electron chi connectivity index (χ4n) is 2.78. The van der Waals surface area contributed by atoms with Gasteiger partial charge in [0.1, 0.15) is 0 Å². The summed E-state index contributed by atoms with van der Waals surface area (Å²) in [4.78, 5) is 10.6. The van der Waals surface area contributed by atoms with Crippen LogP contribution in [-0.2, 0) is 0 Å². The number of aliphatic hydroxyl groups is 1. The molecule has 0 aliphatic heterocycles. The highest BCUT2D eigenvalue weighted by Gasteiger charge is 2.33. The van der Waals surface area contributed by atoms with Gasteiger partial charge in [0.15, 0.2) is 0 Å². The Morgan fingerprint density at radius 1 is 1.30 bits per heavy atom. The Hall–Kier alpha value is -1.82. The lowest BCUT2D eigenvalue weighted by Gasteiger charge is -2.29. The fraction of sp³-hybridized carbons (Fsp3) is 0.571. The highest BCUT2D eigenvalue weighted by Crippen LogP contribution is 2.34. The SMILES string of the molecule is CCNc1cc(NC2(CO)CCCC2)cc([N+](=O)[O-])c1. The van der Waals surface area contributed by atoms with E-state index >= 15 is 0 Å².